The van der Waals surface area contributed by atoms with Crippen LogP contribution in [0.4, 0.5) is 0 Å². The molecular weight excluding hydrogens is 270 g/mol. The zero-order valence-corrected chi connectivity index (χ0v) is 11.6. The van der Waals surface area contributed by atoms with Crippen LogP contribution in [0.1, 0.15) is 22.8 Å². The summed E-state index contributed by atoms with van der Waals surface area (Å²) < 4.78 is 1.77. The van der Waals surface area contributed by atoms with E-state index in [1.54, 1.807) is 53.2 Å². The maximum atomic E-state index is 12.2. The third-order valence-corrected chi connectivity index (χ3v) is 3.80. The standard InChI is InChI=1S/C15H15N3O3/c1-17-8-6-12(14(17)19)18-9-7-16-13(18)10-4-2-3-5-11(10)15(20)21/h2-5,7,9,12H,6,8H2,1H3,(H,20,21). The first-order chi connectivity index (χ1) is 10.1. The Morgan fingerprint density at radius 3 is 2.81 bits per heavy atom. The number of imidazole rings is 1. The van der Waals surface area contributed by atoms with Crippen molar-refractivity contribution in [1.29, 1.82) is 0 Å². The number of likely N-dealkylation sites (N-methyl/N-ethyl adjacent to an activating group) is 1. The molecule has 1 aromatic carbocycles. The number of carbonyl (C=O) groups is 2. The van der Waals surface area contributed by atoms with Crippen molar-refractivity contribution < 1.29 is 14.7 Å². The van der Waals surface area contributed by atoms with Crippen LogP contribution >= 0.6 is 0 Å². The van der Waals surface area contributed by atoms with E-state index in [2.05, 4.69) is 4.98 Å². The van der Waals surface area contributed by atoms with Crippen molar-refractivity contribution in [2.75, 3.05) is 13.6 Å². The van der Waals surface area contributed by atoms with Crippen LogP contribution in [0.5, 0.6) is 0 Å². The molecule has 0 radical (unpaired) electrons. The highest BCUT2D eigenvalue weighted by molar-refractivity contribution is 5.95. The lowest BCUT2D eigenvalue weighted by Gasteiger charge is -2.15. The molecule has 21 heavy (non-hydrogen) atoms. The SMILES string of the molecule is CN1CCC(n2ccnc2-c2ccccc2C(=O)O)C1=O. The van der Waals surface area contributed by atoms with Gasteiger partial charge in [-0.2, -0.15) is 0 Å². The van der Waals surface area contributed by atoms with Gasteiger partial charge in [0.2, 0.25) is 5.91 Å². The number of carboxylic acids is 1. The highest BCUT2D eigenvalue weighted by atomic mass is 16.4. The summed E-state index contributed by atoms with van der Waals surface area (Å²) in [5.41, 5.74) is 0.709. The summed E-state index contributed by atoms with van der Waals surface area (Å²) in [7, 11) is 1.77. The largest absolute Gasteiger partial charge is 0.478 e. The number of carbonyl (C=O) groups excluding carboxylic acids is 1. The number of rotatable bonds is 3. The van der Waals surface area contributed by atoms with Crippen LogP contribution in [-0.4, -0.2) is 45.0 Å². The molecule has 0 bridgehead atoms. The summed E-state index contributed by atoms with van der Waals surface area (Å²) in [5.74, 6) is -0.460. The summed E-state index contributed by atoms with van der Waals surface area (Å²) >= 11 is 0. The van der Waals surface area contributed by atoms with Crippen LogP contribution in [0.15, 0.2) is 36.7 Å². The molecule has 1 saturated heterocycles. The second kappa shape index (κ2) is 5.05. The van der Waals surface area contributed by atoms with Gasteiger partial charge in [0, 0.05) is 31.5 Å². The number of amides is 1. The zero-order valence-electron chi connectivity index (χ0n) is 11.6. The average molecular weight is 285 g/mol. The monoisotopic (exact) mass is 285 g/mol. The fraction of sp³-hybridized carbons (Fsp3) is 0.267. The number of likely N-dealkylation sites (tertiary alicyclic amines) is 1. The van der Waals surface area contributed by atoms with Gasteiger partial charge in [0.05, 0.1) is 5.56 Å². The van der Waals surface area contributed by atoms with Crippen molar-refractivity contribution in [3.05, 3.63) is 42.2 Å². The van der Waals surface area contributed by atoms with E-state index in [0.717, 1.165) is 0 Å². The van der Waals surface area contributed by atoms with Gasteiger partial charge in [0.1, 0.15) is 11.9 Å². The molecule has 6 heteroatoms. The van der Waals surface area contributed by atoms with Crippen LogP contribution in [0, 0.1) is 0 Å². The minimum atomic E-state index is -1.00. The molecule has 1 aliphatic heterocycles. The van der Waals surface area contributed by atoms with E-state index in [4.69, 9.17) is 0 Å². The van der Waals surface area contributed by atoms with Gasteiger partial charge in [0.25, 0.3) is 0 Å². The second-order valence-corrected chi connectivity index (χ2v) is 5.07. The Bertz CT molecular complexity index is 708. The number of nitrogens with zero attached hydrogens (tertiary/aromatic N) is 3. The zero-order chi connectivity index (χ0) is 15.0. The molecule has 1 unspecified atom stereocenters. The average Bonchev–Trinajstić information content (AvgIpc) is 3.07. The first kappa shape index (κ1) is 13.4. The van der Waals surface area contributed by atoms with Crippen molar-refractivity contribution >= 4 is 11.9 Å². The van der Waals surface area contributed by atoms with Crippen molar-refractivity contribution in [1.82, 2.24) is 14.5 Å². The predicted octanol–water partition coefficient (Wildman–Crippen LogP) is 1.65. The second-order valence-electron chi connectivity index (χ2n) is 5.07. The lowest BCUT2D eigenvalue weighted by atomic mass is 10.1. The number of hydrogen-bond donors (Lipinski definition) is 1. The van der Waals surface area contributed by atoms with Crippen LogP contribution in [-0.2, 0) is 4.79 Å². The van der Waals surface area contributed by atoms with Crippen LogP contribution in [0.3, 0.4) is 0 Å². The van der Waals surface area contributed by atoms with Crippen molar-refractivity contribution in [3.63, 3.8) is 0 Å². The molecule has 1 fully saturated rings. The van der Waals surface area contributed by atoms with Gasteiger partial charge < -0.3 is 14.6 Å². The summed E-state index contributed by atoms with van der Waals surface area (Å²) in [6, 6.07) is 6.39. The van der Waals surface area contributed by atoms with Gasteiger partial charge >= 0.3 is 5.97 Å². The fourth-order valence-corrected chi connectivity index (χ4v) is 2.70. The lowest BCUT2D eigenvalue weighted by molar-refractivity contribution is -0.129. The van der Waals surface area contributed by atoms with E-state index in [1.807, 2.05) is 0 Å². The van der Waals surface area contributed by atoms with E-state index >= 15 is 0 Å². The van der Waals surface area contributed by atoms with E-state index in [0.29, 0.717) is 24.4 Å². The van der Waals surface area contributed by atoms with Gasteiger partial charge in [-0.25, -0.2) is 9.78 Å². The van der Waals surface area contributed by atoms with E-state index < -0.39 is 5.97 Å². The smallest absolute Gasteiger partial charge is 0.336 e. The van der Waals surface area contributed by atoms with Crippen molar-refractivity contribution in [2.45, 2.75) is 12.5 Å². The number of aromatic carboxylic acids is 1. The maximum Gasteiger partial charge on any atom is 0.336 e. The highest BCUT2D eigenvalue weighted by Gasteiger charge is 2.32. The third-order valence-electron chi connectivity index (χ3n) is 3.80. The molecule has 2 aromatic rings. The summed E-state index contributed by atoms with van der Waals surface area (Å²) in [4.78, 5) is 29.5. The molecule has 1 atom stereocenters. The normalized spacial score (nSPS) is 18.2. The van der Waals surface area contributed by atoms with E-state index in [9.17, 15) is 14.7 Å². The number of carboxylic acid groups (broad SMARTS) is 1. The lowest BCUT2D eigenvalue weighted by Crippen LogP contribution is -2.24. The Balaban J connectivity index is 2.08. The molecule has 6 nitrogen and oxygen atoms in total. The summed E-state index contributed by atoms with van der Waals surface area (Å²) in [6.45, 7) is 0.696. The van der Waals surface area contributed by atoms with Gasteiger partial charge in [0.15, 0.2) is 0 Å². The van der Waals surface area contributed by atoms with Gasteiger partial charge in [-0.1, -0.05) is 18.2 Å². The first-order valence-electron chi connectivity index (χ1n) is 6.70. The molecule has 2 heterocycles. The van der Waals surface area contributed by atoms with Gasteiger partial charge in [-0.05, 0) is 12.5 Å². The minimum absolute atomic E-state index is 0.0297. The number of aromatic nitrogens is 2. The van der Waals surface area contributed by atoms with Crippen LogP contribution in [0.25, 0.3) is 11.4 Å². The van der Waals surface area contributed by atoms with Crippen LogP contribution in [0.2, 0.25) is 0 Å². The first-order valence-corrected chi connectivity index (χ1v) is 6.70. The molecule has 0 spiro atoms. The molecule has 3 rings (SSSR count). The Hall–Kier alpha value is -2.63. The van der Waals surface area contributed by atoms with E-state index in [1.165, 1.54) is 0 Å². The molecule has 1 amide bonds. The van der Waals surface area contributed by atoms with Gasteiger partial charge in [-0.3, -0.25) is 4.79 Å². The third kappa shape index (κ3) is 2.18. The topological polar surface area (TPSA) is 75.4 Å². The molecule has 0 aliphatic carbocycles. The van der Waals surface area contributed by atoms with Crippen LogP contribution < -0.4 is 0 Å². The number of hydrogen-bond acceptors (Lipinski definition) is 3. The van der Waals surface area contributed by atoms with E-state index in [-0.39, 0.29) is 17.5 Å². The summed E-state index contributed by atoms with van der Waals surface area (Å²) in [5, 5.41) is 9.30. The quantitative estimate of drug-likeness (QED) is 0.930. The van der Waals surface area contributed by atoms with Crippen molar-refractivity contribution in [3.8, 4) is 11.4 Å². The predicted molar refractivity (Wildman–Crippen MR) is 75.9 cm³/mol. The number of benzene rings is 1. The van der Waals surface area contributed by atoms with Gasteiger partial charge in [-0.15, -0.1) is 0 Å². The molecule has 1 N–H and O–H groups in total. The maximum absolute atomic E-state index is 12.2. The summed E-state index contributed by atoms with van der Waals surface area (Å²) in [6.07, 6.45) is 4.03. The highest BCUT2D eigenvalue weighted by Crippen LogP contribution is 2.29. The minimum Gasteiger partial charge on any atom is -0.478 e. The molecule has 1 aromatic heterocycles. The molecular formula is C15H15N3O3. The Labute approximate surface area is 121 Å². The molecule has 1 aliphatic rings. The Morgan fingerprint density at radius 2 is 2.14 bits per heavy atom. The molecule has 108 valence electrons. The Morgan fingerprint density at radius 1 is 1.38 bits per heavy atom. The Kier molecular flexibility index (Phi) is 3.21. The fourth-order valence-electron chi connectivity index (χ4n) is 2.70. The van der Waals surface area contributed by atoms with Crippen molar-refractivity contribution in [2.24, 2.45) is 0 Å². The molecule has 0 saturated carbocycles.